The molecule has 0 nitrogen and oxygen atoms in total. The summed E-state index contributed by atoms with van der Waals surface area (Å²) in [5.41, 5.74) is 0. The summed E-state index contributed by atoms with van der Waals surface area (Å²) in [5.74, 6) is 0. The van der Waals surface area contributed by atoms with Crippen LogP contribution in [0.3, 0.4) is 0 Å². The number of rotatable bonds is 0. The molecule has 0 amide bonds. The van der Waals surface area contributed by atoms with Crippen LogP contribution in [0, 0.1) is 0 Å². The van der Waals surface area contributed by atoms with Gasteiger partial charge in [0, 0.05) is 37.6 Å². The Morgan fingerprint density at radius 1 is 1.25 bits per heavy atom. The van der Waals surface area contributed by atoms with E-state index in [1.807, 2.05) is 6.66 Å². The van der Waals surface area contributed by atoms with E-state index in [0.717, 1.165) is 0 Å². The molecule has 0 radical (unpaired) electrons. The van der Waals surface area contributed by atoms with Gasteiger partial charge in [0.25, 0.3) is 0 Å². The van der Waals surface area contributed by atoms with Crippen molar-refractivity contribution in [3.8, 4) is 0 Å². The maximum absolute atomic E-state index is 2.42. The van der Waals surface area contributed by atoms with E-state index in [2.05, 4.69) is 9.24 Å². The first-order chi connectivity index (χ1) is 1.00. The molecule has 0 N–H and O–H groups in total. The van der Waals surface area contributed by atoms with Crippen molar-refractivity contribution in [2.45, 2.75) is 0 Å². The second kappa shape index (κ2) is 23.2. The van der Waals surface area contributed by atoms with Crippen LogP contribution >= 0.6 is 9.24 Å². The third-order valence-electron chi connectivity index (χ3n) is 0. The summed E-state index contributed by atoms with van der Waals surface area (Å²) in [5, 5.41) is 0. The van der Waals surface area contributed by atoms with E-state index in [1.54, 1.807) is 0 Å². The first-order valence-corrected chi connectivity index (χ1v) is 1.73. The van der Waals surface area contributed by atoms with Gasteiger partial charge in [0.2, 0.25) is 0 Å². The molecule has 0 aromatic rings. The molecule has 0 aliphatic heterocycles. The zero-order valence-corrected chi connectivity index (χ0v) is 7.38. The first kappa shape index (κ1) is 17.5. The molecule has 30 valence electrons. The summed E-state index contributed by atoms with van der Waals surface area (Å²) in [6.45, 7) is 1.92. The van der Waals surface area contributed by atoms with Crippen LogP contribution in [0.1, 0.15) is 0 Å². The zero-order chi connectivity index (χ0) is 2.00. The molecule has 4 heavy (non-hydrogen) atoms. The van der Waals surface area contributed by atoms with Gasteiger partial charge in [0.05, 0.1) is 0 Å². The average Bonchev–Trinajstić information content (AvgIpc) is 1.00. The Bertz CT molecular complexity index is 8.00. The van der Waals surface area contributed by atoms with Crippen LogP contribution in [0.25, 0.3) is 0 Å². The van der Waals surface area contributed by atoms with Crippen LogP contribution in [0.5, 0.6) is 0 Å². The van der Waals surface area contributed by atoms with Gasteiger partial charge < -0.3 is 0 Å². The van der Waals surface area contributed by atoms with E-state index in [1.165, 1.54) is 0 Å². The van der Waals surface area contributed by atoms with E-state index >= 15 is 0 Å². The van der Waals surface area contributed by atoms with Gasteiger partial charge in [-0.15, -0.1) is 9.24 Å². The summed E-state index contributed by atoms with van der Waals surface area (Å²) in [4.78, 5) is 0. The van der Waals surface area contributed by atoms with E-state index in [4.69, 9.17) is 0 Å². The van der Waals surface area contributed by atoms with Crippen LogP contribution in [0.15, 0.2) is 0 Å². The molecule has 0 aliphatic carbocycles. The Morgan fingerprint density at radius 3 is 1.25 bits per heavy atom. The summed E-state index contributed by atoms with van der Waals surface area (Å²) >= 11 is 0. The first-order valence-electron chi connectivity index (χ1n) is 0.577. The monoisotopic (exact) mass is 290 g/mol. The quantitative estimate of drug-likeness (QED) is 0.450. The maximum atomic E-state index is 2.42. The third kappa shape index (κ3) is 9.48. The minimum absolute atomic E-state index is 0. The van der Waals surface area contributed by atoms with Crippen molar-refractivity contribution in [2.24, 2.45) is 0 Å². The smallest absolute Gasteiger partial charge is 0 e. The molecule has 0 spiro atoms. The Labute approximate surface area is 53.5 Å². The van der Waals surface area contributed by atoms with Gasteiger partial charge in [-0.05, 0) is 0 Å². The van der Waals surface area contributed by atoms with Gasteiger partial charge in [-0.1, -0.05) is 6.66 Å². The zero-order valence-electron chi connectivity index (χ0n) is 2.30. The second-order valence-electron chi connectivity index (χ2n) is 0. The van der Waals surface area contributed by atoms with Crippen LogP contribution < -0.4 is 0 Å². The molecule has 0 fully saturated rings. The maximum Gasteiger partial charge on any atom is 0 e. The largest absolute Gasteiger partial charge is 0.141 e. The predicted molar refractivity (Wildman–Crippen MR) is 15.6 cm³/mol. The summed E-state index contributed by atoms with van der Waals surface area (Å²) in [6, 6.07) is 0. The third-order valence-corrected chi connectivity index (χ3v) is 0. The molecule has 0 aliphatic rings. The fraction of sp³-hybridized carbons (Fsp3) is 1.00. The fourth-order valence-electron chi connectivity index (χ4n) is 0. The van der Waals surface area contributed by atoms with Gasteiger partial charge in [-0.25, -0.2) is 0 Å². The standard InChI is InChI=1S/CH5P.Ni.W/c1-2;;/h2H2,1H3;;. The topological polar surface area (TPSA) is 0 Å². The Hall–Kier alpha value is 1.61. The van der Waals surface area contributed by atoms with Gasteiger partial charge in [0.15, 0.2) is 0 Å². The molecule has 0 saturated carbocycles. The van der Waals surface area contributed by atoms with Crippen molar-refractivity contribution in [3.63, 3.8) is 0 Å². The van der Waals surface area contributed by atoms with Crippen LogP contribution in [-0.2, 0) is 37.6 Å². The van der Waals surface area contributed by atoms with Gasteiger partial charge >= 0.3 is 0 Å². The molecular formula is CH5NiPW. The molecule has 0 aromatic carbocycles. The SMILES string of the molecule is CP.[Ni].[W]. The van der Waals surface area contributed by atoms with Gasteiger partial charge in [-0.3, -0.25) is 0 Å². The van der Waals surface area contributed by atoms with Gasteiger partial charge in [0.1, 0.15) is 0 Å². The molecule has 0 saturated heterocycles. The molecule has 1 unspecified atom stereocenters. The average molecular weight is 291 g/mol. The Kier molecular flexibility index (Phi) is 101. The Balaban J connectivity index is -0.00000000500. The van der Waals surface area contributed by atoms with Crippen molar-refractivity contribution in [2.75, 3.05) is 6.66 Å². The second-order valence-corrected chi connectivity index (χ2v) is 0. The Morgan fingerprint density at radius 2 is 1.25 bits per heavy atom. The van der Waals surface area contributed by atoms with Crippen LogP contribution in [-0.4, -0.2) is 6.66 Å². The van der Waals surface area contributed by atoms with Crippen molar-refractivity contribution >= 4 is 9.24 Å². The van der Waals surface area contributed by atoms with Crippen molar-refractivity contribution in [1.29, 1.82) is 0 Å². The summed E-state index contributed by atoms with van der Waals surface area (Å²) in [7, 11) is 2.42. The normalized spacial score (nSPS) is 1.50. The van der Waals surface area contributed by atoms with E-state index < -0.39 is 0 Å². The summed E-state index contributed by atoms with van der Waals surface area (Å²) < 4.78 is 0. The summed E-state index contributed by atoms with van der Waals surface area (Å²) in [6.07, 6.45) is 0. The van der Waals surface area contributed by atoms with E-state index in [9.17, 15) is 0 Å². The van der Waals surface area contributed by atoms with Crippen LogP contribution in [0.4, 0.5) is 0 Å². The molecule has 0 bridgehead atoms. The van der Waals surface area contributed by atoms with Crippen molar-refractivity contribution < 1.29 is 37.6 Å². The number of hydrogen-bond acceptors (Lipinski definition) is 0. The minimum Gasteiger partial charge on any atom is -0.141 e. The molecular weight excluding hydrogens is 286 g/mol. The molecule has 0 rings (SSSR count). The fourth-order valence-corrected chi connectivity index (χ4v) is 0. The van der Waals surface area contributed by atoms with Crippen LogP contribution in [0.2, 0.25) is 0 Å². The number of hydrogen-bond donors (Lipinski definition) is 0. The molecule has 0 heterocycles. The van der Waals surface area contributed by atoms with Crippen molar-refractivity contribution in [1.82, 2.24) is 0 Å². The minimum atomic E-state index is 0. The predicted octanol–water partition coefficient (Wildman–Crippen LogP) is 0.486. The van der Waals surface area contributed by atoms with E-state index in [-0.39, 0.29) is 37.6 Å². The van der Waals surface area contributed by atoms with Crippen molar-refractivity contribution in [3.05, 3.63) is 0 Å². The molecule has 0 aromatic heterocycles. The van der Waals surface area contributed by atoms with E-state index in [0.29, 0.717) is 0 Å². The molecule has 3 heteroatoms. The molecule has 1 atom stereocenters. The van der Waals surface area contributed by atoms with Gasteiger partial charge in [-0.2, -0.15) is 0 Å².